The van der Waals surface area contributed by atoms with Crippen molar-refractivity contribution in [2.45, 2.75) is 6.10 Å². The van der Waals surface area contributed by atoms with Gasteiger partial charge < -0.3 is 44.7 Å². The first-order chi connectivity index (χ1) is 11.7. The van der Waals surface area contributed by atoms with Gasteiger partial charge in [0.15, 0.2) is 12.2 Å². The topological polar surface area (TPSA) is 84.3 Å². The molecule has 5 N–H and O–H groups in total. The van der Waals surface area contributed by atoms with Gasteiger partial charge >= 0.3 is 0 Å². The van der Waals surface area contributed by atoms with E-state index in [2.05, 4.69) is 16.4 Å². The van der Waals surface area contributed by atoms with E-state index in [1.54, 1.807) is 7.11 Å². The second-order valence-electron chi connectivity index (χ2n) is 5.68. The summed E-state index contributed by atoms with van der Waals surface area (Å²) >= 11 is 0. The van der Waals surface area contributed by atoms with Crippen molar-refractivity contribution in [2.75, 3.05) is 26.8 Å². The van der Waals surface area contributed by atoms with Crippen LogP contribution in [0.5, 0.6) is 11.5 Å². The van der Waals surface area contributed by atoms with Crippen LogP contribution in [0.4, 0.5) is 11.4 Å². The van der Waals surface area contributed by atoms with Crippen molar-refractivity contribution >= 4 is 17.2 Å². The number of amidine groups is 1. The van der Waals surface area contributed by atoms with Gasteiger partial charge in [-0.25, -0.2) is 0 Å². The van der Waals surface area contributed by atoms with Gasteiger partial charge in [-0.2, -0.15) is 4.99 Å². The fourth-order valence-electron chi connectivity index (χ4n) is 2.54. The van der Waals surface area contributed by atoms with Crippen LogP contribution in [0.3, 0.4) is 0 Å². The standard InChI is InChI=1S/C18H21N3O3.2ClH/c1-23-14-6-8-15(9-7-14)24-12-13(22)10-19-11-18-20-16-4-2-3-5-17(16)21-18;;/h2-9,13,19,22H,10-12H2,1H3,(H,20,21);2*1H. The molecule has 0 fully saturated rings. The number of para-hydroxylation sites is 2. The third kappa shape index (κ3) is 6.16. The molecule has 1 aliphatic rings. The van der Waals surface area contributed by atoms with E-state index in [1.807, 2.05) is 47.8 Å². The highest BCUT2D eigenvalue weighted by atomic mass is 35.5. The van der Waals surface area contributed by atoms with Gasteiger partial charge in [0.2, 0.25) is 0 Å². The van der Waals surface area contributed by atoms with Crippen molar-refractivity contribution in [1.29, 1.82) is 0 Å². The lowest BCUT2D eigenvalue weighted by molar-refractivity contribution is -0.657. The molecule has 3 rings (SSSR count). The number of hydrogen-bond donors (Lipinski definition) is 3. The number of methoxy groups -OCH3 is 1. The Morgan fingerprint density at radius 1 is 1.08 bits per heavy atom. The molecule has 2 aromatic carbocycles. The summed E-state index contributed by atoms with van der Waals surface area (Å²) in [4.78, 5) is 4.56. The number of aliphatic hydroxyl groups is 1. The van der Waals surface area contributed by atoms with Gasteiger partial charge in [0.05, 0.1) is 7.11 Å². The molecule has 6 nitrogen and oxygen atoms in total. The molecule has 0 amide bonds. The van der Waals surface area contributed by atoms with Crippen molar-refractivity contribution in [3.8, 4) is 11.5 Å². The first-order valence-corrected chi connectivity index (χ1v) is 8.02. The highest BCUT2D eigenvalue weighted by Gasteiger charge is 2.20. The monoisotopic (exact) mass is 399 g/mol. The molecule has 8 heteroatoms. The third-order valence-electron chi connectivity index (χ3n) is 3.82. The summed E-state index contributed by atoms with van der Waals surface area (Å²) in [6, 6.07) is 15.4. The summed E-state index contributed by atoms with van der Waals surface area (Å²) < 4.78 is 10.7. The first kappa shape index (κ1) is 22.2. The zero-order valence-electron chi connectivity index (χ0n) is 14.4. The lowest BCUT2D eigenvalue weighted by Crippen LogP contribution is -3.00. The zero-order valence-corrected chi connectivity index (χ0v) is 16.0. The predicted octanol–water partition coefficient (Wildman–Crippen LogP) is -6.06. The van der Waals surface area contributed by atoms with E-state index in [4.69, 9.17) is 9.47 Å². The Labute approximate surface area is 165 Å². The van der Waals surface area contributed by atoms with Crippen LogP contribution in [0, 0.1) is 0 Å². The lowest BCUT2D eigenvalue weighted by Gasteiger charge is -2.11. The maximum atomic E-state index is 10.0. The average Bonchev–Trinajstić information content (AvgIpc) is 3.03. The van der Waals surface area contributed by atoms with Gasteiger partial charge in [-0.3, -0.25) is 5.32 Å². The fourth-order valence-corrected chi connectivity index (χ4v) is 2.54. The number of nitrogens with two attached hydrogens (primary N) is 2. The average molecular weight is 400 g/mol. The van der Waals surface area contributed by atoms with Crippen LogP contribution in [-0.2, 0) is 0 Å². The molecule has 1 unspecified atom stereocenters. The van der Waals surface area contributed by atoms with E-state index in [-0.39, 0.29) is 31.4 Å². The summed E-state index contributed by atoms with van der Waals surface area (Å²) in [7, 11) is 1.63. The Balaban J connectivity index is 0.00000169. The Kier molecular flexibility index (Phi) is 9.40. The van der Waals surface area contributed by atoms with Crippen LogP contribution < -0.4 is 44.9 Å². The quantitative estimate of drug-likeness (QED) is 0.386. The molecule has 26 heavy (non-hydrogen) atoms. The minimum atomic E-state index is -0.531. The normalized spacial score (nSPS) is 12.9. The van der Waals surface area contributed by atoms with Crippen molar-refractivity contribution in [3.05, 3.63) is 48.5 Å². The number of benzene rings is 2. The molecule has 0 aliphatic carbocycles. The molecule has 0 spiro atoms. The number of ether oxygens (including phenoxy) is 2. The van der Waals surface area contributed by atoms with Crippen LogP contribution in [-0.4, -0.2) is 43.9 Å². The second-order valence-corrected chi connectivity index (χ2v) is 5.68. The maximum absolute atomic E-state index is 10.0. The minimum Gasteiger partial charge on any atom is -1.00 e. The van der Waals surface area contributed by atoms with E-state index in [1.165, 1.54) is 0 Å². The van der Waals surface area contributed by atoms with Gasteiger partial charge in [0.1, 0.15) is 36.4 Å². The number of fused-ring (bicyclic) bond motifs is 1. The number of aliphatic imine (C=N–C) groups is 1. The van der Waals surface area contributed by atoms with Gasteiger partial charge in [0.25, 0.3) is 5.84 Å². The molecule has 1 atom stereocenters. The number of rotatable bonds is 8. The summed E-state index contributed by atoms with van der Waals surface area (Å²) in [5.41, 5.74) is 2.17. The molecule has 1 aliphatic heterocycles. The summed E-state index contributed by atoms with van der Waals surface area (Å²) in [5, 5.41) is 14.2. The van der Waals surface area contributed by atoms with Gasteiger partial charge in [-0.05, 0) is 30.3 Å². The van der Waals surface area contributed by atoms with Crippen molar-refractivity contribution in [2.24, 2.45) is 4.99 Å². The van der Waals surface area contributed by atoms with Crippen LogP contribution >= 0.6 is 0 Å². The molecule has 0 aromatic heterocycles. The van der Waals surface area contributed by atoms with E-state index < -0.39 is 6.10 Å². The largest absolute Gasteiger partial charge is 1.00 e. The number of nitrogens with zero attached hydrogens (tertiary/aromatic N) is 1. The molecule has 0 saturated carbocycles. The molecule has 1 heterocycles. The fraction of sp³-hybridized carbons (Fsp3) is 0.278. The Bertz CT molecular complexity index is 711. The zero-order chi connectivity index (χ0) is 16.8. The highest BCUT2D eigenvalue weighted by Crippen LogP contribution is 2.22. The van der Waals surface area contributed by atoms with Gasteiger partial charge in [-0.1, -0.05) is 12.1 Å². The summed E-state index contributed by atoms with van der Waals surface area (Å²) in [5.74, 6) is 2.53. The van der Waals surface area contributed by atoms with E-state index in [0.717, 1.165) is 35.3 Å². The van der Waals surface area contributed by atoms with Crippen LogP contribution in [0.25, 0.3) is 0 Å². The number of aliphatic hydroxyl groups excluding tert-OH is 1. The van der Waals surface area contributed by atoms with Crippen molar-refractivity contribution < 1.29 is 50.0 Å². The van der Waals surface area contributed by atoms with E-state index >= 15 is 0 Å². The smallest absolute Gasteiger partial charge is 0.261 e. The predicted molar refractivity (Wildman–Crippen MR) is 91.3 cm³/mol. The molecule has 2 aromatic rings. The number of hydrogen-bond acceptors (Lipinski definition) is 4. The highest BCUT2D eigenvalue weighted by molar-refractivity contribution is 5.85. The second kappa shape index (κ2) is 11.0. The minimum absolute atomic E-state index is 0. The van der Waals surface area contributed by atoms with E-state index in [9.17, 15) is 5.11 Å². The number of quaternary nitrogens is 2. The van der Waals surface area contributed by atoms with Gasteiger partial charge in [-0.15, -0.1) is 0 Å². The molecule has 142 valence electrons. The Hall–Kier alpha value is -1.83. The van der Waals surface area contributed by atoms with Crippen LogP contribution in [0.2, 0.25) is 0 Å². The molecule has 0 bridgehead atoms. The summed E-state index contributed by atoms with van der Waals surface area (Å²) in [6.07, 6.45) is -0.531. The maximum Gasteiger partial charge on any atom is 0.261 e. The van der Waals surface area contributed by atoms with Crippen molar-refractivity contribution in [3.63, 3.8) is 0 Å². The Morgan fingerprint density at radius 2 is 1.77 bits per heavy atom. The Morgan fingerprint density at radius 3 is 2.46 bits per heavy atom. The van der Waals surface area contributed by atoms with Crippen molar-refractivity contribution in [1.82, 2.24) is 0 Å². The van der Waals surface area contributed by atoms with Crippen LogP contribution in [0.1, 0.15) is 0 Å². The molecule has 0 radical (unpaired) electrons. The number of halogens is 2. The molecular formula is C18H23Cl2N3O3. The van der Waals surface area contributed by atoms with Crippen LogP contribution in [0.15, 0.2) is 53.5 Å². The van der Waals surface area contributed by atoms with E-state index in [0.29, 0.717) is 6.54 Å². The lowest BCUT2D eigenvalue weighted by atomic mass is 10.3. The molecular weight excluding hydrogens is 377 g/mol. The molecule has 0 saturated heterocycles. The third-order valence-corrected chi connectivity index (χ3v) is 3.82. The first-order valence-electron chi connectivity index (χ1n) is 8.02. The SMILES string of the molecule is COc1ccc(OCC(O)C[NH2+]CC2=Nc3ccccc3[NH2+]2)cc1.[Cl-].[Cl-]. The van der Waals surface area contributed by atoms with Gasteiger partial charge in [0, 0.05) is 6.07 Å². The summed E-state index contributed by atoms with van der Waals surface area (Å²) in [6.45, 7) is 1.58.